The molecule has 8 rings (SSSR count). The molecule has 3 aliphatic heterocycles. The highest BCUT2D eigenvalue weighted by Crippen LogP contribution is 2.74. The zero-order valence-corrected chi connectivity index (χ0v) is 40.1. The summed E-state index contributed by atoms with van der Waals surface area (Å²) in [4.78, 5) is 0. The molecule has 384 valence electrons. The fourth-order valence-corrected chi connectivity index (χ4v) is 14.8. The second-order valence-electron chi connectivity index (χ2n) is 23.4. The van der Waals surface area contributed by atoms with Gasteiger partial charge in [0.05, 0.1) is 38.1 Å². The van der Waals surface area contributed by atoms with Crippen molar-refractivity contribution in [2.24, 2.45) is 44.3 Å². The average Bonchev–Trinajstić information content (AvgIpc) is 3.27. The second-order valence-corrected chi connectivity index (χ2v) is 23.4. The van der Waals surface area contributed by atoms with Crippen LogP contribution in [0.25, 0.3) is 0 Å². The lowest BCUT2D eigenvalue weighted by atomic mass is 9.35. The molecule has 67 heavy (non-hydrogen) atoms. The Morgan fingerprint density at radius 2 is 1.31 bits per heavy atom. The van der Waals surface area contributed by atoms with Crippen LogP contribution < -0.4 is 0 Å². The van der Waals surface area contributed by atoms with Gasteiger partial charge in [-0.2, -0.15) is 0 Å². The lowest BCUT2D eigenvalue weighted by Gasteiger charge is -2.70. The maximum Gasteiger partial charge on any atom is 0.187 e. The Bertz CT molecular complexity index is 1830. The summed E-state index contributed by atoms with van der Waals surface area (Å²) >= 11 is 0. The molecule has 8 aliphatic rings. The Labute approximate surface area is 393 Å². The van der Waals surface area contributed by atoms with Gasteiger partial charge in [-0.3, -0.25) is 0 Å². The van der Waals surface area contributed by atoms with Crippen molar-refractivity contribution >= 4 is 0 Å². The van der Waals surface area contributed by atoms with Crippen molar-refractivity contribution in [1.82, 2.24) is 0 Å². The highest BCUT2D eigenvalue weighted by atomic mass is 16.8. The van der Waals surface area contributed by atoms with Crippen LogP contribution in [-0.2, 0) is 28.4 Å². The molecule has 0 aromatic rings. The molecule has 3 heterocycles. The largest absolute Gasteiger partial charge is 0.396 e. The van der Waals surface area contributed by atoms with Crippen molar-refractivity contribution in [3.05, 3.63) is 23.3 Å². The summed E-state index contributed by atoms with van der Waals surface area (Å²) in [5, 5.41) is 130. The van der Waals surface area contributed by atoms with Crippen molar-refractivity contribution in [2.75, 3.05) is 26.4 Å². The monoisotopic (exact) mass is 957 g/mol. The van der Waals surface area contributed by atoms with E-state index in [1.54, 1.807) is 0 Å². The number of ether oxygens (including phenoxy) is 6. The van der Waals surface area contributed by atoms with E-state index >= 15 is 0 Å². The van der Waals surface area contributed by atoms with Crippen LogP contribution in [0.4, 0.5) is 0 Å². The van der Waals surface area contributed by atoms with Crippen LogP contribution in [0.3, 0.4) is 0 Å². The molecule has 24 atom stereocenters. The van der Waals surface area contributed by atoms with Crippen LogP contribution in [0.1, 0.15) is 106 Å². The molecule has 0 aromatic carbocycles. The number of hydrogen-bond donors (Lipinski definition) is 12. The summed E-state index contributed by atoms with van der Waals surface area (Å²) in [7, 11) is 0. The Kier molecular flexibility index (Phi) is 14.5. The van der Waals surface area contributed by atoms with E-state index < -0.39 is 128 Å². The second kappa shape index (κ2) is 18.7. The lowest BCUT2D eigenvalue weighted by molar-refractivity contribution is -0.373. The molecule has 3 saturated heterocycles. The third-order valence-corrected chi connectivity index (χ3v) is 19.4. The van der Waals surface area contributed by atoms with E-state index in [0.29, 0.717) is 32.1 Å². The Morgan fingerprint density at radius 1 is 0.672 bits per heavy atom. The summed E-state index contributed by atoms with van der Waals surface area (Å²) < 4.78 is 36.2. The molecule has 0 spiro atoms. The van der Waals surface area contributed by atoms with Gasteiger partial charge in [-0.05, 0) is 104 Å². The van der Waals surface area contributed by atoms with E-state index in [4.69, 9.17) is 28.4 Å². The van der Waals surface area contributed by atoms with E-state index in [-0.39, 0.29) is 46.7 Å². The van der Waals surface area contributed by atoms with Crippen molar-refractivity contribution in [3.8, 4) is 0 Å². The van der Waals surface area contributed by atoms with Crippen molar-refractivity contribution in [1.29, 1.82) is 0 Å². The van der Waals surface area contributed by atoms with Gasteiger partial charge >= 0.3 is 0 Å². The molecular weight excluding hydrogens is 877 g/mol. The van der Waals surface area contributed by atoms with Crippen LogP contribution in [0, 0.1) is 44.3 Å². The third-order valence-electron chi connectivity index (χ3n) is 19.4. The van der Waals surface area contributed by atoms with Crippen molar-refractivity contribution in [3.63, 3.8) is 0 Å². The van der Waals surface area contributed by atoms with Gasteiger partial charge in [0, 0.05) is 17.4 Å². The van der Waals surface area contributed by atoms with Gasteiger partial charge in [0.15, 0.2) is 18.9 Å². The van der Waals surface area contributed by atoms with Crippen LogP contribution in [0.5, 0.6) is 0 Å². The summed E-state index contributed by atoms with van der Waals surface area (Å²) in [6.07, 6.45) is -13.4. The molecule has 5 aliphatic carbocycles. The first kappa shape index (κ1) is 52.1. The van der Waals surface area contributed by atoms with Gasteiger partial charge in [-0.1, -0.05) is 59.3 Å². The van der Waals surface area contributed by atoms with Crippen LogP contribution in [-0.4, -0.2) is 192 Å². The predicted octanol–water partition coefficient (Wildman–Crippen LogP) is -0.105. The van der Waals surface area contributed by atoms with Gasteiger partial charge in [-0.25, -0.2) is 0 Å². The molecule has 0 bridgehead atoms. The number of allylic oxidation sites excluding steroid dienone is 3. The van der Waals surface area contributed by atoms with E-state index in [0.717, 1.165) is 31.3 Å². The minimum atomic E-state index is -1.77. The predicted molar refractivity (Wildman–Crippen MR) is 236 cm³/mol. The van der Waals surface area contributed by atoms with Gasteiger partial charge in [0.2, 0.25) is 0 Å². The van der Waals surface area contributed by atoms with Gasteiger partial charge in [-0.15, -0.1) is 0 Å². The van der Waals surface area contributed by atoms with Crippen LogP contribution in [0.2, 0.25) is 0 Å². The third kappa shape index (κ3) is 8.26. The Hall–Kier alpha value is -1.24. The molecule has 0 aromatic heterocycles. The molecule has 18 heteroatoms. The molecule has 6 fully saturated rings. The van der Waals surface area contributed by atoms with E-state index in [1.165, 1.54) is 12.5 Å². The molecule has 18 nitrogen and oxygen atoms in total. The fourth-order valence-electron chi connectivity index (χ4n) is 14.8. The molecule has 3 saturated carbocycles. The first-order valence-corrected chi connectivity index (χ1v) is 24.6. The number of hydrogen-bond acceptors (Lipinski definition) is 18. The van der Waals surface area contributed by atoms with Crippen LogP contribution >= 0.6 is 0 Å². The smallest absolute Gasteiger partial charge is 0.187 e. The average molecular weight is 957 g/mol. The topological polar surface area (TPSA) is 298 Å². The molecule has 0 radical (unpaired) electrons. The zero-order chi connectivity index (χ0) is 49.0. The first-order valence-electron chi connectivity index (χ1n) is 24.6. The summed E-state index contributed by atoms with van der Waals surface area (Å²) in [6, 6.07) is 0. The SMILES string of the molecule is C[C@H]1O[C@@H](O[C@H]2[C@H](O)[C@@H](O)[C@H](O[C@H]3CC[C@@]4(C)C(CC[C@]5(C)C4C=CC4=C6C[C@](C)(CCO)CCC6(CO)[C@H](O)C[C@]45C)C3(C)C)O[C@@H]2CO[C@@H]2O[C@H](CO)[C@@H](O)[C@H](O)[C@H]2O)[C@H](O)[C@H](O)[C@H]1O. The molecule has 0 amide bonds. The highest BCUT2D eigenvalue weighted by Gasteiger charge is 2.68. The number of aliphatic hydroxyl groups excluding tert-OH is 12. The van der Waals surface area contributed by atoms with Gasteiger partial charge in [0.1, 0.15) is 67.1 Å². The van der Waals surface area contributed by atoms with Crippen LogP contribution in [0.15, 0.2) is 23.3 Å². The van der Waals surface area contributed by atoms with Crippen molar-refractivity contribution in [2.45, 2.75) is 211 Å². The van der Waals surface area contributed by atoms with Gasteiger partial charge < -0.3 is 89.7 Å². The summed E-state index contributed by atoms with van der Waals surface area (Å²) in [5.74, 6) is 0.238. The van der Waals surface area contributed by atoms with Gasteiger partial charge in [0.25, 0.3) is 0 Å². The quantitative estimate of drug-likeness (QED) is 0.120. The summed E-state index contributed by atoms with van der Waals surface area (Å²) in [5.41, 5.74) is 0.168. The van der Waals surface area contributed by atoms with E-state index in [2.05, 4.69) is 53.7 Å². The number of rotatable bonds is 11. The Morgan fingerprint density at radius 3 is 1.99 bits per heavy atom. The van der Waals surface area contributed by atoms with E-state index in [1.807, 2.05) is 0 Å². The lowest BCUT2D eigenvalue weighted by Crippen LogP contribution is -2.66. The molecule has 3 unspecified atom stereocenters. The minimum Gasteiger partial charge on any atom is -0.396 e. The minimum absolute atomic E-state index is 0.0846. The van der Waals surface area contributed by atoms with E-state index in [9.17, 15) is 61.3 Å². The molecule has 12 N–H and O–H groups in total. The standard InChI is InChI=1S/C49H80O18/c1-23-32(54)34(56)38(60)42(63-23)67-40-27(21-62-41-37(59)35(57)33(55)26(20-51)64-41)65-43(39(61)36(40)58)66-31-11-12-46(5)28(44(31,2)3)10-13-47(6)29(46)9-8-24-25-18-45(4,16-17-50)14-15-49(25,22-52)30(53)19-48(24,47)7/h8-9,23,26-43,50-61H,10-22H2,1-7H3/t23-,26-,27-,28?,29?,30-,31+,32+,33-,34-,35+,36-,37-,38-,39-,40-,41-,42+,43+,45+,46+,47-,48-,49?/m1/s1. The first-order chi connectivity index (χ1) is 31.4. The Balaban J connectivity index is 1.04. The maximum absolute atomic E-state index is 12.2. The zero-order valence-electron chi connectivity index (χ0n) is 40.1. The molecular formula is C49H80O18. The number of aliphatic hydroxyl groups is 12. The maximum atomic E-state index is 12.2. The number of fused-ring (bicyclic) bond motifs is 6. The normalized spacial score (nSPS) is 54.2. The fraction of sp³-hybridized carbons (Fsp3) is 0.918. The summed E-state index contributed by atoms with van der Waals surface area (Å²) in [6.45, 7) is 13.8. The van der Waals surface area contributed by atoms with Crippen molar-refractivity contribution < 1.29 is 89.7 Å². The highest BCUT2D eigenvalue weighted by molar-refractivity contribution is 5.47.